The number of methoxy groups -OCH3 is 1. The molecule has 0 aliphatic heterocycles. The highest BCUT2D eigenvalue weighted by molar-refractivity contribution is 5.98. The van der Waals surface area contributed by atoms with E-state index in [1.807, 2.05) is 30.3 Å². The molecule has 0 bridgehead atoms. The van der Waals surface area contributed by atoms with E-state index in [-0.39, 0.29) is 17.2 Å². The van der Waals surface area contributed by atoms with E-state index in [0.717, 1.165) is 11.1 Å². The van der Waals surface area contributed by atoms with Crippen LogP contribution < -0.4 is 14.8 Å². The van der Waals surface area contributed by atoms with Gasteiger partial charge in [-0.3, -0.25) is 9.59 Å². The summed E-state index contributed by atoms with van der Waals surface area (Å²) < 4.78 is 30.9. The Balaban J connectivity index is 1.80. The van der Waals surface area contributed by atoms with Crippen LogP contribution >= 0.6 is 0 Å². The van der Waals surface area contributed by atoms with E-state index in [1.54, 1.807) is 26.0 Å². The second-order valence-corrected chi connectivity index (χ2v) is 8.54. The van der Waals surface area contributed by atoms with Gasteiger partial charge in [0.05, 0.1) is 7.11 Å². The lowest BCUT2D eigenvalue weighted by Gasteiger charge is -2.27. The van der Waals surface area contributed by atoms with Crippen LogP contribution in [0.15, 0.2) is 60.8 Å². The number of hydrogen-bond donors (Lipinski definition) is 1. The normalized spacial score (nSPS) is 13.1. The molecule has 3 rings (SSSR count). The second-order valence-electron chi connectivity index (χ2n) is 8.54. The number of nitrogens with zero attached hydrogens (tertiary/aromatic N) is 1. The Bertz CT molecular complexity index is 1280. The Labute approximate surface area is 214 Å². The molecule has 0 radical (unpaired) electrons. The van der Waals surface area contributed by atoms with Gasteiger partial charge in [0, 0.05) is 25.1 Å². The maximum Gasteiger partial charge on any atom is 0.328 e. The largest absolute Gasteiger partial charge is 0.493 e. The van der Waals surface area contributed by atoms with Crippen molar-refractivity contribution in [1.29, 1.82) is 0 Å². The van der Waals surface area contributed by atoms with Gasteiger partial charge in [-0.05, 0) is 43.5 Å². The molecular formula is C28H29FN2O6. The van der Waals surface area contributed by atoms with Gasteiger partial charge in [0.2, 0.25) is 5.75 Å². The number of nitrogens with one attached hydrogen (secondary N) is 1. The number of rotatable bonds is 9. The number of amides is 1. The zero-order valence-electron chi connectivity index (χ0n) is 21.3. The van der Waals surface area contributed by atoms with Gasteiger partial charge in [0.1, 0.15) is 18.0 Å². The number of carbonyl (C=O) groups is 3. The van der Waals surface area contributed by atoms with Crippen molar-refractivity contribution in [2.45, 2.75) is 45.8 Å². The molecule has 0 aliphatic rings. The maximum atomic E-state index is 14.9. The number of aromatic nitrogens is 1. The van der Waals surface area contributed by atoms with Crippen molar-refractivity contribution in [2.24, 2.45) is 0 Å². The highest BCUT2D eigenvalue weighted by atomic mass is 19.1. The molecule has 0 unspecified atom stereocenters. The first kappa shape index (κ1) is 27.3. The number of aryl methyl sites for hydroxylation is 1. The number of benzene rings is 2. The lowest BCUT2D eigenvalue weighted by Crippen LogP contribution is -2.41. The standard InChI is InChI=1S/C28H29FN2O6/c1-16-11-12-21(22(29)15-16)24(20-9-7-6-8-10-20)18(3)36-28(34)17(2)31-27(33)25-26(37-19(4)32)23(35-5)13-14-30-25/h6-15,17-18,24H,1-5H3,(H,31,33)/t17-,18-,24+/m0/s1. The average Bonchev–Trinajstić information content (AvgIpc) is 2.85. The smallest absolute Gasteiger partial charge is 0.328 e. The molecule has 8 nitrogen and oxygen atoms in total. The van der Waals surface area contributed by atoms with Crippen LogP contribution in [0.1, 0.15) is 53.9 Å². The zero-order valence-corrected chi connectivity index (χ0v) is 21.3. The van der Waals surface area contributed by atoms with Crippen molar-refractivity contribution in [1.82, 2.24) is 10.3 Å². The monoisotopic (exact) mass is 508 g/mol. The van der Waals surface area contributed by atoms with E-state index in [0.29, 0.717) is 5.56 Å². The molecule has 9 heteroatoms. The molecule has 0 saturated carbocycles. The van der Waals surface area contributed by atoms with Crippen molar-refractivity contribution in [3.05, 3.63) is 89.0 Å². The molecule has 0 spiro atoms. The van der Waals surface area contributed by atoms with Crippen LogP contribution in [-0.4, -0.2) is 42.1 Å². The Morgan fingerprint density at radius 1 is 1.03 bits per heavy atom. The third-order valence-corrected chi connectivity index (χ3v) is 5.67. The minimum absolute atomic E-state index is 0.130. The predicted molar refractivity (Wildman–Crippen MR) is 134 cm³/mol. The summed E-state index contributed by atoms with van der Waals surface area (Å²) in [5.74, 6) is -3.18. The van der Waals surface area contributed by atoms with Crippen molar-refractivity contribution in [3.8, 4) is 11.5 Å². The fourth-order valence-corrected chi connectivity index (χ4v) is 3.92. The topological polar surface area (TPSA) is 104 Å². The summed E-state index contributed by atoms with van der Waals surface area (Å²) in [7, 11) is 1.35. The lowest BCUT2D eigenvalue weighted by molar-refractivity contribution is -0.150. The van der Waals surface area contributed by atoms with Gasteiger partial charge in [0.25, 0.3) is 5.91 Å². The Hall–Kier alpha value is -4.27. The van der Waals surface area contributed by atoms with Gasteiger partial charge in [-0.1, -0.05) is 42.5 Å². The molecule has 0 saturated heterocycles. The summed E-state index contributed by atoms with van der Waals surface area (Å²) in [6.07, 6.45) is 0.546. The molecule has 2 aromatic carbocycles. The van der Waals surface area contributed by atoms with Crippen molar-refractivity contribution < 1.29 is 33.0 Å². The molecule has 1 heterocycles. The van der Waals surface area contributed by atoms with Crippen LogP contribution in [0.2, 0.25) is 0 Å². The second kappa shape index (κ2) is 12.1. The number of hydrogen-bond acceptors (Lipinski definition) is 7. The zero-order chi connectivity index (χ0) is 27.1. The fraction of sp³-hybridized carbons (Fsp3) is 0.286. The van der Waals surface area contributed by atoms with E-state index < -0.39 is 41.7 Å². The highest BCUT2D eigenvalue weighted by Crippen LogP contribution is 2.32. The molecule has 3 atom stereocenters. The molecule has 37 heavy (non-hydrogen) atoms. The number of pyridine rings is 1. The molecule has 3 aromatic rings. The van der Waals surface area contributed by atoms with Crippen LogP contribution in [0.5, 0.6) is 11.5 Å². The van der Waals surface area contributed by atoms with E-state index >= 15 is 0 Å². The molecule has 1 N–H and O–H groups in total. The van der Waals surface area contributed by atoms with Gasteiger partial charge in [-0.2, -0.15) is 0 Å². The SMILES string of the molecule is COc1ccnc(C(=O)N[C@@H](C)C(=O)O[C@@H](C)[C@H](c2ccccc2)c2ccc(C)cc2F)c1OC(C)=O. The summed E-state index contributed by atoms with van der Waals surface area (Å²) in [5.41, 5.74) is 1.70. The van der Waals surface area contributed by atoms with Crippen LogP contribution in [0, 0.1) is 12.7 Å². The first-order valence-corrected chi connectivity index (χ1v) is 11.7. The summed E-state index contributed by atoms with van der Waals surface area (Å²) in [6, 6.07) is 14.4. The van der Waals surface area contributed by atoms with Crippen LogP contribution in [-0.2, 0) is 14.3 Å². The minimum atomic E-state index is -1.09. The minimum Gasteiger partial charge on any atom is -0.493 e. The van der Waals surface area contributed by atoms with Crippen LogP contribution in [0.3, 0.4) is 0 Å². The van der Waals surface area contributed by atoms with Crippen molar-refractivity contribution in [2.75, 3.05) is 7.11 Å². The molecular weight excluding hydrogens is 479 g/mol. The number of esters is 2. The first-order valence-electron chi connectivity index (χ1n) is 11.7. The summed E-state index contributed by atoms with van der Waals surface area (Å²) >= 11 is 0. The van der Waals surface area contributed by atoms with Crippen LogP contribution in [0.4, 0.5) is 4.39 Å². The van der Waals surface area contributed by atoms with Crippen molar-refractivity contribution >= 4 is 17.8 Å². The fourth-order valence-electron chi connectivity index (χ4n) is 3.92. The lowest BCUT2D eigenvalue weighted by atomic mass is 9.86. The average molecular weight is 509 g/mol. The Morgan fingerprint density at radius 3 is 2.35 bits per heavy atom. The molecule has 1 amide bonds. The van der Waals surface area contributed by atoms with E-state index in [9.17, 15) is 18.8 Å². The maximum absolute atomic E-state index is 14.9. The van der Waals surface area contributed by atoms with Crippen molar-refractivity contribution in [3.63, 3.8) is 0 Å². The van der Waals surface area contributed by atoms with Gasteiger partial charge in [0.15, 0.2) is 11.4 Å². The summed E-state index contributed by atoms with van der Waals surface area (Å²) in [5, 5.41) is 2.51. The molecule has 0 fully saturated rings. The quantitative estimate of drug-likeness (QED) is 0.429. The molecule has 0 aliphatic carbocycles. The highest BCUT2D eigenvalue weighted by Gasteiger charge is 2.30. The van der Waals surface area contributed by atoms with Gasteiger partial charge < -0.3 is 19.5 Å². The number of halogens is 1. The number of carbonyl (C=O) groups excluding carboxylic acids is 3. The van der Waals surface area contributed by atoms with Gasteiger partial charge in [-0.25, -0.2) is 14.2 Å². The first-order chi connectivity index (χ1) is 17.6. The third kappa shape index (κ3) is 6.69. The molecule has 1 aromatic heterocycles. The Kier molecular flexibility index (Phi) is 8.95. The Morgan fingerprint density at radius 2 is 1.73 bits per heavy atom. The van der Waals surface area contributed by atoms with Crippen LogP contribution in [0.25, 0.3) is 0 Å². The van der Waals surface area contributed by atoms with E-state index in [4.69, 9.17) is 14.2 Å². The predicted octanol–water partition coefficient (Wildman–Crippen LogP) is 4.35. The number of ether oxygens (including phenoxy) is 3. The van der Waals surface area contributed by atoms with E-state index in [1.165, 1.54) is 39.3 Å². The van der Waals surface area contributed by atoms with Gasteiger partial charge >= 0.3 is 11.9 Å². The molecule has 194 valence electrons. The van der Waals surface area contributed by atoms with E-state index in [2.05, 4.69) is 10.3 Å². The summed E-state index contributed by atoms with van der Waals surface area (Å²) in [4.78, 5) is 41.3. The summed E-state index contributed by atoms with van der Waals surface area (Å²) in [6.45, 7) is 6.09. The van der Waals surface area contributed by atoms with Gasteiger partial charge in [-0.15, -0.1) is 0 Å². The third-order valence-electron chi connectivity index (χ3n) is 5.67.